The van der Waals surface area contributed by atoms with Gasteiger partial charge in [-0.3, -0.25) is 14.5 Å². The summed E-state index contributed by atoms with van der Waals surface area (Å²) in [6.45, 7) is 2.26. The zero-order valence-electron chi connectivity index (χ0n) is 11.9. The van der Waals surface area contributed by atoms with Crippen LogP contribution < -0.4 is 10.6 Å². The van der Waals surface area contributed by atoms with E-state index in [4.69, 9.17) is 0 Å². The van der Waals surface area contributed by atoms with Crippen LogP contribution in [0, 0.1) is 0 Å². The number of amides is 2. The molecule has 0 aromatic heterocycles. The molecule has 4 rings (SSSR count). The molecule has 0 bridgehead atoms. The van der Waals surface area contributed by atoms with Crippen LogP contribution in [-0.2, 0) is 11.2 Å². The van der Waals surface area contributed by atoms with Gasteiger partial charge in [0.2, 0.25) is 5.91 Å². The van der Waals surface area contributed by atoms with E-state index in [1.54, 1.807) is 6.07 Å². The highest BCUT2D eigenvalue weighted by molar-refractivity contribution is 6.02. The Labute approximate surface area is 123 Å². The molecule has 2 saturated heterocycles. The first-order valence-electron chi connectivity index (χ1n) is 7.68. The lowest BCUT2D eigenvalue weighted by Gasteiger charge is -2.21. The first-order valence-corrected chi connectivity index (χ1v) is 7.68. The fourth-order valence-electron chi connectivity index (χ4n) is 3.86. The van der Waals surface area contributed by atoms with E-state index in [1.807, 2.05) is 12.1 Å². The summed E-state index contributed by atoms with van der Waals surface area (Å²) in [5.74, 6) is -0.0300. The van der Waals surface area contributed by atoms with E-state index in [1.165, 1.54) is 19.4 Å². The second kappa shape index (κ2) is 4.84. The van der Waals surface area contributed by atoms with Crippen LogP contribution in [0.1, 0.15) is 35.2 Å². The molecular weight excluding hydrogens is 266 g/mol. The van der Waals surface area contributed by atoms with Crippen molar-refractivity contribution in [2.24, 2.45) is 0 Å². The number of nitrogens with one attached hydrogen (secondary N) is 2. The van der Waals surface area contributed by atoms with E-state index in [9.17, 15) is 9.59 Å². The number of nitrogens with zero attached hydrogens (tertiary/aromatic N) is 1. The van der Waals surface area contributed by atoms with E-state index < -0.39 is 0 Å². The molecule has 2 unspecified atom stereocenters. The molecule has 5 nitrogen and oxygen atoms in total. The van der Waals surface area contributed by atoms with E-state index in [0.29, 0.717) is 18.0 Å². The van der Waals surface area contributed by atoms with Crippen LogP contribution in [0.15, 0.2) is 18.2 Å². The zero-order chi connectivity index (χ0) is 14.4. The van der Waals surface area contributed by atoms with E-state index in [-0.39, 0.29) is 17.9 Å². The van der Waals surface area contributed by atoms with Crippen LogP contribution in [0.5, 0.6) is 0 Å². The smallest absolute Gasteiger partial charge is 0.251 e. The Balaban J connectivity index is 1.48. The van der Waals surface area contributed by atoms with Crippen molar-refractivity contribution in [3.05, 3.63) is 29.3 Å². The normalized spacial score (nSPS) is 27.3. The number of carbonyl (C=O) groups excluding carboxylic acids is 2. The highest BCUT2D eigenvalue weighted by Crippen LogP contribution is 2.28. The van der Waals surface area contributed by atoms with Gasteiger partial charge in [-0.2, -0.15) is 0 Å². The third-order valence-electron chi connectivity index (χ3n) is 4.92. The van der Waals surface area contributed by atoms with Crippen molar-refractivity contribution in [2.75, 3.05) is 18.4 Å². The van der Waals surface area contributed by atoms with E-state index >= 15 is 0 Å². The maximum Gasteiger partial charge on any atom is 0.251 e. The SMILES string of the molecule is O=C1Cc2ccc(C(=O)NC3CCN4CCCC34)cc2N1. The van der Waals surface area contributed by atoms with Gasteiger partial charge in [-0.1, -0.05) is 6.07 Å². The molecule has 21 heavy (non-hydrogen) atoms. The molecular formula is C16H19N3O2. The van der Waals surface area contributed by atoms with Crippen LogP contribution in [0.4, 0.5) is 5.69 Å². The Kier molecular flexibility index (Phi) is 2.96. The average molecular weight is 285 g/mol. The number of rotatable bonds is 2. The fourth-order valence-corrected chi connectivity index (χ4v) is 3.86. The van der Waals surface area contributed by atoms with Crippen LogP contribution in [0.2, 0.25) is 0 Å². The highest BCUT2D eigenvalue weighted by Gasteiger charge is 2.37. The number of fused-ring (bicyclic) bond motifs is 2. The van der Waals surface area contributed by atoms with Crippen LogP contribution in [0.3, 0.4) is 0 Å². The monoisotopic (exact) mass is 285 g/mol. The van der Waals surface area contributed by atoms with Gasteiger partial charge in [-0.25, -0.2) is 0 Å². The molecule has 0 aliphatic carbocycles. The topological polar surface area (TPSA) is 61.4 Å². The van der Waals surface area contributed by atoms with Crippen molar-refractivity contribution in [1.82, 2.24) is 10.2 Å². The first-order chi connectivity index (χ1) is 10.2. The molecule has 2 amide bonds. The number of carbonyl (C=O) groups is 2. The third-order valence-corrected chi connectivity index (χ3v) is 4.92. The van der Waals surface area contributed by atoms with Crippen LogP contribution >= 0.6 is 0 Å². The van der Waals surface area contributed by atoms with Gasteiger partial charge in [-0.05, 0) is 43.5 Å². The van der Waals surface area contributed by atoms with Gasteiger partial charge in [0.15, 0.2) is 0 Å². The number of hydrogen-bond acceptors (Lipinski definition) is 3. The lowest BCUT2D eigenvalue weighted by Crippen LogP contribution is -2.42. The van der Waals surface area contributed by atoms with Gasteiger partial charge in [0, 0.05) is 29.9 Å². The summed E-state index contributed by atoms with van der Waals surface area (Å²) in [7, 11) is 0. The zero-order valence-corrected chi connectivity index (χ0v) is 11.9. The first kappa shape index (κ1) is 12.8. The molecule has 2 atom stereocenters. The Morgan fingerprint density at radius 2 is 2.19 bits per heavy atom. The van der Waals surface area contributed by atoms with Crippen molar-refractivity contribution < 1.29 is 9.59 Å². The molecule has 2 fully saturated rings. The Bertz CT molecular complexity index is 614. The number of benzene rings is 1. The summed E-state index contributed by atoms with van der Waals surface area (Å²) < 4.78 is 0. The van der Waals surface area contributed by atoms with Crippen molar-refractivity contribution >= 4 is 17.5 Å². The Hall–Kier alpha value is -1.88. The lowest BCUT2D eigenvalue weighted by molar-refractivity contribution is -0.115. The van der Waals surface area contributed by atoms with Gasteiger partial charge in [0.05, 0.1) is 6.42 Å². The molecule has 1 aromatic carbocycles. The minimum absolute atomic E-state index is 0.0000477. The molecule has 0 spiro atoms. The van der Waals surface area contributed by atoms with Crippen molar-refractivity contribution in [3.63, 3.8) is 0 Å². The van der Waals surface area contributed by atoms with Gasteiger partial charge in [0.1, 0.15) is 0 Å². The van der Waals surface area contributed by atoms with Crippen molar-refractivity contribution in [1.29, 1.82) is 0 Å². The summed E-state index contributed by atoms with van der Waals surface area (Å²) in [5, 5.41) is 5.97. The predicted octanol–water partition coefficient (Wildman–Crippen LogP) is 1.15. The quantitative estimate of drug-likeness (QED) is 0.857. The summed E-state index contributed by atoms with van der Waals surface area (Å²) in [4.78, 5) is 26.3. The summed E-state index contributed by atoms with van der Waals surface area (Å²) >= 11 is 0. The Morgan fingerprint density at radius 3 is 3.10 bits per heavy atom. The summed E-state index contributed by atoms with van der Waals surface area (Å²) in [6.07, 6.45) is 3.88. The van der Waals surface area contributed by atoms with E-state index in [0.717, 1.165) is 24.2 Å². The standard InChI is InChI=1S/C16H19N3O2/c20-15-9-10-3-4-11(8-13(10)17-15)16(21)18-12-5-7-19-6-1-2-14(12)19/h3-4,8,12,14H,1-2,5-7,9H2,(H,17,20)(H,18,21). The molecule has 3 heterocycles. The minimum atomic E-state index is -0.0299. The number of anilines is 1. The molecule has 0 radical (unpaired) electrons. The molecule has 5 heteroatoms. The third kappa shape index (κ3) is 2.21. The molecule has 3 aliphatic rings. The molecule has 0 saturated carbocycles. The second-order valence-electron chi connectivity index (χ2n) is 6.21. The van der Waals surface area contributed by atoms with Gasteiger partial charge < -0.3 is 10.6 Å². The molecule has 110 valence electrons. The Morgan fingerprint density at radius 1 is 1.29 bits per heavy atom. The largest absolute Gasteiger partial charge is 0.348 e. The van der Waals surface area contributed by atoms with Gasteiger partial charge in [-0.15, -0.1) is 0 Å². The highest BCUT2D eigenvalue weighted by atomic mass is 16.2. The molecule has 2 N–H and O–H groups in total. The van der Waals surface area contributed by atoms with Gasteiger partial charge >= 0.3 is 0 Å². The van der Waals surface area contributed by atoms with Crippen LogP contribution in [-0.4, -0.2) is 41.9 Å². The van der Waals surface area contributed by atoms with Crippen molar-refractivity contribution in [2.45, 2.75) is 37.8 Å². The lowest BCUT2D eigenvalue weighted by atomic mass is 10.0. The van der Waals surface area contributed by atoms with E-state index in [2.05, 4.69) is 15.5 Å². The number of hydrogen-bond donors (Lipinski definition) is 2. The average Bonchev–Trinajstić information content (AvgIpc) is 3.13. The minimum Gasteiger partial charge on any atom is -0.348 e. The van der Waals surface area contributed by atoms with Crippen molar-refractivity contribution in [3.8, 4) is 0 Å². The van der Waals surface area contributed by atoms with Crippen LogP contribution in [0.25, 0.3) is 0 Å². The van der Waals surface area contributed by atoms with Gasteiger partial charge in [0.25, 0.3) is 5.91 Å². The molecule has 1 aromatic rings. The second-order valence-corrected chi connectivity index (χ2v) is 6.21. The predicted molar refractivity (Wildman–Crippen MR) is 79.2 cm³/mol. The molecule has 3 aliphatic heterocycles. The summed E-state index contributed by atoms with van der Waals surface area (Å²) in [5.41, 5.74) is 2.38. The maximum absolute atomic E-state index is 12.4. The summed E-state index contributed by atoms with van der Waals surface area (Å²) in [6, 6.07) is 6.26. The maximum atomic E-state index is 12.4. The fraction of sp³-hybridized carbons (Fsp3) is 0.500.